The van der Waals surface area contributed by atoms with Gasteiger partial charge in [-0.25, -0.2) is 4.98 Å². The van der Waals surface area contributed by atoms with Crippen molar-refractivity contribution >= 4 is 39.2 Å². The molecular formula is C25H31N3O3S2. The lowest BCUT2D eigenvalue weighted by Gasteiger charge is -2.16. The van der Waals surface area contributed by atoms with Gasteiger partial charge in [-0.2, -0.15) is 0 Å². The highest BCUT2D eigenvalue weighted by Crippen LogP contribution is 2.34. The van der Waals surface area contributed by atoms with E-state index in [4.69, 9.17) is 9.72 Å². The number of amides is 1. The number of aryl methyl sites for hydroxylation is 3. The highest BCUT2D eigenvalue weighted by atomic mass is 32.2. The molecule has 0 spiro atoms. The molecule has 1 N–H and O–H groups in total. The van der Waals surface area contributed by atoms with E-state index in [0.29, 0.717) is 18.3 Å². The van der Waals surface area contributed by atoms with Gasteiger partial charge in [0.1, 0.15) is 4.83 Å². The van der Waals surface area contributed by atoms with E-state index in [9.17, 15) is 9.59 Å². The maximum atomic E-state index is 13.4. The Labute approximate surface area is 202 Å². The molecule has 1 amide bonds. The number of carbonyl (C=O) groups excluding carboxylic acids is 1. The molecule has 2 heterocycles. The topological polar surface area (TPSA) is 73.2 Å². The summed E-state index contributed by atoms with van der Waals surface area (Å²) in [4.78, 5) is 33.0. The number of thioether (sulfide) groups is 1. The van der Waals surface area contributed by atoms with E-state index in [1.165, 1.54) is 34.2 Å². The molecule has 1 atom stereocenters. The number of ether oxygens (including phenoxy) is 1. The first-order valence-corrected chi connectivity index (χ1v) is 13.4. The van der Waals surface area contributed by atoms with Gasteiger partial charge in [-0.05, 0) is 55.7 Å². The molecule has 4 rings (SSSR count). The van der Waals surface area contributed by atoms with E-state index in [1.807, 2.05) is 6.92 Å². The monoisotopic (exact) mass is 485 g/mol. The Morgan fingerprint density at radius 3 is 2.76 bits per heavy atom. The summed E-state index contributed by atoms with van der Waals surface area (Å²) in [5.74, 6) is 0.123. The smallest absolute Gasteiger partial charge is 0.263 e. The zero-order valence-electron chi connectivity index (χ0n) is 19.5. The molecule has 8 heteroatoms. The van der Waals surface area contributed by atoms with Crippen LogP contribution in [0.1, 0.15) is 54.3 Å². The summed E-state index contributed by atoms with van der Waals surface area (Å²) in [6.07, 6.45) is 5.25. The van der Waals surface area contributed by atoms with Crippen molar-refractivity contribution in [3.8, 4) is 0 Å². The predicted molar refractivity (Wildman–Crippen MR) is 135 cm³/mol. The van der Waals surface area contributed by atoms with E-state index in [1.54, 1.807) is 23.0 Å². The maximum Gasteiger partial charge on any atom is 0.263 e. The van der Waals surface area contributed by atoms with Gasteiger partial charge in [-0.3, -0.25) is 14.2 Å². The summed E-state index contributed by atoms with van der Waals surface area (Å²) in [5, 5.41) is 4.41. The van der Waals surface area contributed by atoms with Crippen LogP contribution in [0, 0.1) is 0 Å². The lowest BCUT2D eigenvalue weighted by molar-refractivity contribution is -0.119. The number of carbonyl (C=O) groups is 1. The summed E-state index contributed by atoms with van der Waals surface area (Å²) in [6.45, 7) is 4.95. The number of nitrogens with zero attached hydrogens (tertiary/aromatic N) is 2. The third kappa shape index (κ3) is 5.34. The standard InChI is InChI=1S/C25H31N3O3S2/c1-4-17-9-11-18(12-10-17)16(2)26-21(29)15-32-25-27-23-22(24(30)28(25)13-14-31-3)19-7-5-6-8-20(19)33-23/h9-12,16H,4-8,13-15H2,1-3H3,(H,26,29). The second-order valence-electron chi connectivity index (χ2n) is 8.41. The maximum absolute atomic E-state index is 13.4. The van der Waals surface area contributed by atoms with Gasteiger partial charge >= 0.3 is 0 Å². The number of fused-ring (bicyclic) bond motifs is 3. The minimum Gasteiger partial charge on any atom is -0.383 e. The molecular weight excluding hydrogens is 454 g/mol. The first kappa shape index (κ1) is 24.0. The highest BCUT2D eigenvalue weighted by Gasteiger charge is 2.22. The minimum atomic E-state index is -0.0841. The van der Waals surface area contributed by atoms with Crippen molar-refractivity contribution in [1.29, 1.82) is 0 Å². The second-order valence-corrected chi connectivity index (χ2v) is 10.4. The highest BCUT2D eigenvalue weighted by molar-refractivity contribution is 7.99. The van der Waals surface area contributed by atoms with Gasteiger partial charge in [0.25, 0.3) is 5.56 Å². The second kappa shape index (κ2) is 10.8. The molecule has 0 fully saturated rings. The zero-order valence-corrected chi connectivity index (χ0v) is 21.1. The van der Waals surface area contributed by atoms with Crippen LogP contribution in [-0.2, 0) is 35.3 Å². The zero-order chi connectivity index (χ0) is 23.4. The summed E-state index contributed by atoms with van der Waals surface area (Å²) in [6, 6.07) is 8.24. The quantitative estimate of drug-likeness (QED) is 0.356. The third-order valence-electron chi connectivity index (χ3n) is 6.16. The van der Waals surface area contributed by atoms with Crippen molar-refractivity contribution in [1.82, 2.24) is 14.9 Å². The van der Waals surface area contributed by atoms with E-state index >= 15 is 0 Å². The lowest BCUT2D eigenvalue weighted by atomic mass is 9.97. The van der Waals surface area contributed by atoms with Crippen LogP contribution in [0.5, 0.6) is 0 Å². The molecule has 0 saturated heterocycles. The molecule has 0 aliphatic heterocycles. The molecule has 3 aromatic rings. The Hall–Kier alpha value is -2.16. The van der Waals surface area contributed by atoms with Gasteiger partial charge in [-0.15, -0.1) is 11.3 Å². The van der Waals surface area contributed by atoms with Gasteiger partial charge < -0.3 is 10.1 Å². The minimum absolute atomic E-state index is 0.0104. The Morgan fingerprint density at radius 2 is 2.03 bits per heavy atom. The third-order valence-corrected chi connectivity index (χ3v) is 8.32. The van der Waals surface area contributed by atoms with Crippen molar-refractivity contribution < 1.29 is 9.53 Å². The Morgan fingerprint density at radius 1 is 1.27 bits per heavy atom. The average Bonchev–Trinajstić information content (AvgIpc) is 3.21. The number of hydrogen-bond acceptors (Lipinski definition) is 6. The van der Waals surface area contributed by atoms with Crippen molar-refractivity contribution in [2.75, 3.05) is 19.5 Å². The number of methoxy groups -OCH3 is 1. The van der Waals surface area contributed by atoms with Gasteiger partial charge in [-0.1, -0.05) is 43.0 Å². The van der Waals surface area contributed by atoms with E-state index in [-0.39, 0.29) is 23.3 Å². The molecule has 1 aliphatic carbocycles. The van der Waals surface area contributed by atoms with Crippen LogP contribution in [0.3, 0.4) is 0 Å². The lowest BCUT2D eigenvalue weighted by Crippen LogP contribution is -2.29. The first-order chi connectivity index (χ1) is 16.0. The van der Waals surface area contributed by atoms with Gasteiger partial charge in [0, 0.05) is 12.0 Å². The van der Waals surface area contributed by atoms with Crippen LogP contribution < -0.4 is 10.9 Å². The molecule has 0 bridgehead atoms. The number of aromatic nitrogens is 2. The van der Waals surface area contributed by atoms with Crippen LogP contribution >= 0.6 is 23.1 Å². The Bertz CT molecular complexity index is 1180. The number of rotatable bonds is 9. The van der Waals surface area contributed by atoms with Crippen molar-refractivity contribution in [3.05, 3.63) is 56.2 Å². The number of benzene rings is 1. The van der Waals surface area contributed by atoms with Gasteiger partial charge in [0.15, 0.2) is 5.16 Å². The van der Waals surface area contributed by atoms with E-state index in [2.05, 4.69) is 36.5 Å². The number of thiophene rings is 1. The molecule has 33 heavy (non-hydrogen) atoms. The number of nitrogens with one attached hydrogen (secondary N) is 1. The molecule has 6 nitrogen and oxygen atoms in total. The normalized spacial score (nSPS) is 14.3. The molecule has 2 aromatic heterocycles. The molecule has 1 unspecified atom stereocenters. The van der Waals surface area contributed by atoms with Crippen LogP contribution in [0.25, 0.3) is 10.2 Å². The van der Waals surface area contributed by atoms with Crippen molar-refractivity contribution in [2.24, 2.45) is 0 Å². The fraction of sp³-hybridized carbons (Fsp3) is 0.480. The van der Waals surface area contributed by atoms with E-state index < -0.39 is 0 Å². The van der Waals surface area contributed by atoms with Crippen LogP contribution in [0.2, 0.25) is 0 Å². The fourth-order valence-electron chi connectivity index (χ4n) is 4.25. The van der Waals surface area contributed by atoms with Crippen LogP contribution in [0.15, 0.2) is 34.2 Å². The summed E-state index contributed by atoms with van der Waals surface area (Å²) < 4.78 is 6.91. The Kier molecular flexibility index (Phi) is 7.88. The summed E-state index contributed by atoms with van der Waals surface area (Å²) >= 11 is 2.95. The predicted octanol–water partition coefficient (Wildman–Crippen LogP) is 4.52. The van der Waals surface area contributed by atoms with Gasteiger partial charge in [0.05, 0.1) is 30.3 Å². The van der Waals surface area contributed by atoms with E-state index in [0.717, 1.165) is 41.5 Å². The van der Waals surface area contributed by atoms with Crippen LogP contribution in [-0.4, -0.2) is 34.9 Å². The fourth-order valence-corrected chi connectivity index (χ4v) is 6.39. The molecule has 1 aromatic carbocycles. The van der Waals surface area contributed by atoms with Crippen molar-refractivity contribution in [3.63, 3.8) is 0 Å². The first-order valence-electron chi connectivity index (χ1n) is 11.6. The largest absolute Gasteiger partial charge is 0.383 e. The Balaban J connectivity index is 1.52. The molecule has 176 valence electrons. The summed E-state index contributed by atoms with van der Waals surface area (Å²) in [7, 11) is 1.62. The summed E-state index contributed by atoms with van der Waals surface area (Å²) in [5.41, 5.74) is 3.52. The van der Waals surface area contributed by atoms with Crippen LogP contribution in [0.4, 0.5) is 0 Å². The molecule has 0 saturated carbocycles. The SMILES string of the molecule is CCc1ccc(C(C)NC(=O)CSc2nc3sc4c(c3c(=O)n2CCOC)CCCC4)cc1. The average molecular weight is 486 g/mol. The number of hydrogen-bond donors (Lipinski definition) is 1. The van der Waals surface area contributed by atoms with Gasteiger partial charge in [0.2, 0.25) is 5.91 Å². The molecule has 0 radical (unpaired) electrons. The molecule has 1 aliphatic rings. The van der Waals surface area contributed by atoms with Crippen molar-refractivity contribution in [2.45, 2.75) is 63.7 Å².